The number of sulfonamides is 2. The van der Waals surface area contributed by atoms with E-state index < -0.39 is 20.0 Å². The maximum absolute atomic E-state index is 11.7. The molecule has 1 N–H and O–H groups in total. The van der Waals surface area contributed by atoms with E-state index in [-0.39, 0.29) is 11.4 Å². The largest absolute Gasteiger partial charge is 0.240 e. The highest BCUT2D eigenvalue weighted by Crippen LogP contribution is 2.23. The van der Waals surface area contributed by atoms with E-state index in [9.17, 15) is 16.8 Å². The molecule has 0 spiro atoms. The van der Waals surface area contributed by atoms with Gasteiger partial charge in [-0.1, -0.05) is 6.07 Å². The summed E-state index contributed by atoms with van der Waals surface area (Å²) < 4.78 is 50.1. The fourth-order valence-electron chi connectivity index (χ4n) is 2.08. The van der Waals surface area contributed by atoms with Gasteiger partial charge in [0.15, 0.2) is 0 Å². The Hall–Kier alpha value is -0.960. The minimum Gasteiger partial charge on any atom is -0.214 e. The Bertz CT molecular complexity index is 695. The van der Waals surface area contributed by atoms with Crippen LogP contribution in [0.2, 0.25) is 0 Å². The van der Waals surface area contributed by atoms with Crippen LogP contribution in [0.5, 0.6) is 0 Å². The summed E-state index contributed by atoms with van der Waals surface area (Å²) in [5.41, 5.74) is 1.74. The van der Waals surface area contributed by atoms with Crippen molar-refractivity contribution in [2.75, 3.05) is 19.8 Å². The van der Waals surface area contributed by atoms with Gasteiger partial charge in [-0.25, -0.2) is 21.6 Å². The van der Waals surface area contributed by atoms with Crippen molar-refractivity contribution in [3.05, 3.63) is 29.3 Å². The third kappa shape index (κ3) is 2.97. The summed E-state index contributed by atoms with van der Waals surface area (Å²) in [6.45, 7) is 0.658. The van der Waals surface area contributed by atoms with Crippen LogP contribution in [0.4, 0.5) is 0 Å². The van der Waals surface area contributed by atoms with Gasteiger partial charge >= 0.3 is 0 Å². The normalized spacial score (nSPS) is 17.2. The van der Waals surface area contributed by atoms with Crippen LogP contribution in [0.3, 0.4) is 0 Å². The number of benzene rings is 1. The van der Waals surface area contributed by atoms with Gasteiger partial charge in [0.2, 0.25) is 20.0 Å². The first kappa shape index (κ1) is 14.4. The zero-order valence-electron chi connectivity index (χ0n) is 10.8. The van der Waals surface area contributed by atoms with E-state index in [1.54, 1.807) is 18.2 Å². The molecule has 0 radical (unpaired) electrons. The molecule has 0 atom stereocenters. The van der Waals surface area contributed by atoms with Gasteiger partial charge in [-0.05, 0) is 36.7 Å². The van der Waals surface area contributed by atoms with Crippen molar-refractivity contribution in [3.8, 4) is 0 Å². The Morgan fingerprint density at radius 3 is 2.42 bits per heavy atom. The highest BCUT2D eigenvalue weighted by molar-refractivity contribution is 7.89. The summed E-state index contributed by atoms with van der Waals surface area (Å²) in [5.74, 6) is 0. The molecule has 0 bridgehead atoms. The van der Waals surface area contributed by atoms with Gasteiger partial charge in [-0.2, -0.15) is 4.31 Å². The standard InChI is InChI=1S/C11H16N2O4S2/c1-12-19(16,17)11-4-3-9-5-6-13(18(2,14)15)8-10(9)7-11/h3-4,7,12H,5-6,8H2,1-2H3. The van der Waals surface area contributed by atoms with Crippen molar-refractivity contribution in [2.45, 2.75) is 17.9 Å². The maximum atomic E-state index is 11.7. The van der Waals surface area contributed by atoms with Crippen LogP contribution in [0.15, 0.2) is 23.1 Å². The topological polar surface area (TPSA) is 83.6 Å². The molecule has 106 valence electrons. The molecule has 0 aliphatic carbocycles. The minimum absolute atomic E-state index is 0.157. The fourth-order valence-corrected chi connectivity index (χ4v) is 3.65. The molecule has 1 aromatic carbocycles. The molecular formula is C11H16N2O4S2. The first-order valence-corrected chi connectivity index (χ1v) is 9.07. The Labute approximate surface area is 113 Å². The van der Waals surface area contributed by atoms with E-state index in [4.69, 9.17) is 0 Å². The van der Waals surface area contributed by atoms with Gasteiger partial charge < -0.3 is 0 Å². The van der Waals surface area contributed by atoms with Crippen molar-refractivity contribution in [3.63, 3.8) is 0 Å². The van der Waals surface area contributed by atoms with E-state index in [0.29, 0.717) is 13.0 Å². The summed E-state index contributed by atoms with van der Waals surface area (Å²) >= 11 is 0. The molecule has 0 aromatic heterocycles. The lowest BCUT2D eigenvalue weighted by Crippen LogP contribution is -2.35. The Morgan fingerprint density at radius 2 is 1.84 bits per heavy atom. The van der Waals surface area contributed by atoms with Crippen molar-refractivity contribution in [1.29, 1.82) is 0 Å². The molecule has 19 heavy (non-hydrogen) atoms. The zero-order valence-corrected chi connectivity index (χ0v) is 12.4. The van der Waals surface area contributed by atoms with E-state index >= 15 is 0 Å². The van der Waals surface area contributed by atoms with Crippen LogP contribution >= 0.6 is 0 Å². The van der Waals surface area contributed by atoms with Gasteiger partial charge in [0.25, 0.3) is 0 Å². The molecule has 0 saturated carbocycles. The SMILES string of the molecule is CNS(=O)(=O)c1ccc2c(c1)CN(S(C)(=O)=O)CC2. The molecule has 6 nitrogen and oxygen atoms in total. The first-order valence-electron chi connectivity index (χ1n) is 5.74. The van der Waals surface area contributed by atoms with Gasteiger partial charge in [0, 0.05) is 13.1 Å². The van der Waals surface area contributed by atoms with Crippen LogP contribution in [0, 0.1) is 0 Å². The minimum atomic E-state index is -3.50. The van der Waals surface area contributed by atoms with Crippen LogP contribution < -0.4 is 4.72 Å². The predicted molar refractivity (Wildman–Crippen MR) is 71.6 cm³/mol. The van der Waals surface area contributed by atoms with Gasteiger partial charge in [-0.3, -0.25) is 0 Å². The molecule has 0 fully saturated rings. The van der Waals surface area contributed by atoms with E-state index in [2.05, 4.69) is 4.72 Å². The lowest BCUT2D eigenvalue weighted by molar-refractivity contribution is 0.394. The molecular weight excluding hydrogens is 288 g/mol. The number of hydrogen-bond acceptors (Lipinski definition) is 4. The third-order valence-electron chi connectivity index (χ3n) is 3.20. The average molecular weight is 304 g/mol. The van der Waals surface area contributed by atoms with Gasteiger partial charge in [-0.15, -0.1) is 0 Å². The van der Waals surface area contributed by atoms with Crippen molar-refractivity contribution in [1.82, 2.24) is 9.03 Å². The molecule has 0 amide bonds. The van der Waals surface area contributed by atoms with Crippen LogP contribution in [-0.4, -0.2) is 41.0 Å². The molecule has 0 saturated heterocycles. The van der Waals surface area contributed by atoms with Crippen molar-refractivity contribution < 1.29 is 16.8 Å². The van der Waals surface area contributed by atoms with E-state index in [0.717, 1.165) is 17.4 Å². The molecule has 1 aliphatic rings. The lowest BCUT2D eigenvalue weighted by Gasteiger charge is -2.27. The molecule has 1 heterocycles. The van der Waals surface area contributed by atoms with Crippen LogP contribution in [0.25, 0.3) is 0 Å². The second kappa shape index (κ2) is 4.86. The summed E-state index contributed by atoms with van der Waals surface area (Å²) in [4.78, 5) is 0.157. The van der Waals surface area contributed by atoms with E-state index in [1.165, 1.54) is 11.4 Å². The first-order chi connectivity index (χ1) is 8.74. The summed E-state index contributed by atoms with van der Waals surface area (Å²) in [5, 5.41) is 0. The zero-order chi connectivity index (χ0) is 14.3. The molecule has 1 aromatic rings. The number of nitrogens with zero attached hydrogens (tertiary/aromatic N) is 1. The lowest BCUT2D eigenvalue weighted by atomic mass is 10.0. The van der Waals surface area contributed by atoms with Gasteiger partial charge in [0.1, 0.15) is 0 Å². The third-order valence-corrected chi connectivity index (χ3v) is 5.86. The number of rotatable bonds is 3. The maximum Gasteiger partial charge on any atom is 0.240 e. The monoisotopic (exact) mass is 304 g/mol. The highest BCUT2D eigenvalue weighted by Gasteiger charge is 2.24. The summed E-state index contributed by atoms with van der Waals surface area (Å²) in [6.07, 6.45) is 1.76. The fraction of sp³-hybridized carbons (Fsp3) is 0.455. The number of nitrogens with one attached hydrogen (secondary N) is 1. The Kier molecular flexibility index (Phi) is 3.69. The smallest absolute Gasteiger partial charge is 0.214 e. The predicted octanol–water partition coefficient (Wildman–Crippen LogP) is -0.0876. The van der Waals surface area contributed by atoms with Crippen LogP contribution in [-0.2, 0) is 33.0 Å². The Morgan fingerprint density at radius 1 is 1.16 bits per heavy atom. The highest BCUT2D eigenvalue weighted by atomic mass is 32.2. The second-order valence-corrected chi connectivity index (χ2v) is 8.35. The number of fused-ring (bicyclic) bond motifs is 1. The number of hydrogen-bond donors (Lipinski definition) is 1. The average Bonchev–Trinajstić information content (AvgIpc) is 2.36. The van der Waals surface area contributed by atoms with Gasteiger partial charge in [0.05, 0.1) is 11.2 Å². The second-order valence-electron chi connectivity index (χ2n) is 4.48. The molecule has 1 aliphatic heterocycles. The van der Waals surface area contributed by atoms with E-state index in [1.807, 2.05) is 0 Å². The quantitative estimate of drug-likeness (QED) is 0.846. The summed E-state index contributed by atoms with van der Waals surface area (Å²) in [6, 6.07) is 4.83. The Balaban J connectivity index is 2.41. The molecule has 8 heteroatoms. The molecule has 0 unspecified atom stereocenters. The summed E-state index contributed by atoms with van der Waals surface area (Å²) in [7, 11) is -5.41. The van der Waals surface area contributed by atoms with Crippen molar-refractivity contribution in [2.24, 2.45) is 0 Å². The van der Waals surface area contributed by atoms with Crippen LogP contribution in [0.1, 0.15) is 11.1 Å². The van der Waals surface area contributed by atoms with Crippen molar-refractivity contribution >= 4 is 20.0 Å². The molecule has 2 rings (SSSR count).